The molecule has 3 aromatic rings. The maximum absolute atomic E-state index is 14.8. The van der Waals surface area contributed by atoms with E-state index in [0.717, 1.165) is 23.1 Å². The molecule has 2 aromatic carbocycles. The third kappa shape index (κ3) is 4.78. The van der Waals surface area contributed by atoms with Crippen molar-refractivity contribution in [2.24, 2.45) is 5.73 Å². The van der Waals surface area contributed by atoms with Gasteiger partial charge >= 0.3 is 0 Å². The lowest BCUT2D eigenvalue weighted by molar-refractivity contribution is -0.116. The first-order valence-electron chi connectivity index (χ1n) is 11.6. The molecule has 5 rings (SSSR count). The van der Waals surface area contributed by atoms with Crippen LogP contribution >= 0.6 is 23.1 Å². The number of anilines is 2. The number of nitrogens with two attached hydrogens (primary N) is 1. The second kappa shape index (κ2) is 10.7. The number of para-hydroxylation sites is 1. The molecule has 0 radical (unpaired) electrons. The Morgan fingerprint density at radius 1 is 1.16 bits per heavy atom. The molecule has 1 unspecified atom stereocenters. The molecule has 0 spiro atoms. The van der Waals surface area contributed by atoms with Crippen LogP contribution in [0.1, 0.15) is 30.7 Å². The van der Waals surface area contributed by atoms with Crippen molar-refractivity contribution in [3.63, 3.8) is 0 Å². The van der Waals surface area contributed by atoms with Crippen molar-refractivity contribution in [2.75, 3.05) is 16.0 Å². The summed E-state index contributed by atoms with van der Waals surface area (Å²) in [5, 5.41) is 21.2. The molecule has 1 atom stereocenters. The number of nitrogens with one attached hydrogen (secondary N) is 1. The van der Waals surface area contributed by atoms with Crippen LogP contribution < -0.4 is 16.0 Å². The van der Waals surface area contributed by atoms with Gasteiger partial charge in [0.2, 0.25) is 11.0 Å². The monoisotopic (exact) mass is 550 g/mol. The van der Waals surface area contributed by atoms with E-state index in [-0.39, 0.29) is 40.6 Å². The van der Waals surface area contributed by atoms with E-state index in [2.05, 4.69) is 21.6 Å². The smallest absolute Gasteiger partial charge is 0.234 e. The number of carbonyl (C=O) groups is 2. The van der Waals surface area contributed by atoms with E-state index in [9.17, 15) is 23.6 Å². The number of allylic oxidation sites excluding steroid dienone is 3. The second-order valence-electron chi connectivity index (χ2n) is 8.50. The average molecular weight is 551 g/mol. The van der Waals surface area contributed by atoms with Crippen LogP contribution in [0.5, 0.6) is 0 Å². The number of nitriles is 1. The number of carbonyl (C=O) groups excluding carboxylic acids is 2. The molecule has 8 nitrogen and oxygen atoms in total. The van der Waals surface area contributed by atoms with Crippen molar-refractivity contribution in [2.45, 2.75) is 29.5 Å². The van der Waals surface area contributed by atoms with Crippen LogP contribution in [0.4, 0.5) is 19.6 Å². The van der Waals surface area contributed by atoms with Crippen molar-refractivity contribution in [1.29, 1.82) is 5.26 Å². The third-order valence-corrected chi connectivity index (χ3v) is 8.23. The SMILES string of the molecule is N#CC1=C(N)N(c2nnc(SCC(=O)Nc3ccccc3F)s2)C2=C(C(=O)CCC2)C1c1ccccc1F. The minimum atomic E-state index is -0.913. The molecule has 0 fully saturated rings. The number of Topliss-reactive ketones (excluding diaryl/α,β-unsaturated/α-hetero) is 1. The first-order chi connectivity index (χ1) is 18.4. The molecule has 12 heteroatoms. The van der Waals surface area contributed by atoms with Gasteiger partial charge in [-0.15, -0.1) is 10.2 Å². The van der Waals surface area contributed by atoms with E-state index in [4.69, 9.17) is 5.73 Å². The number of hydrogen-bond donors (Lipinski definition) is 2. The number of nitrogens with zero attached hydrogens (tertiary/aromatic N) is 4. The molecule has 0 bridgehead atoms. The van der Waals surface area contributed by atoms with Gasteiger partial charge in [0.05, 0.1) is 29.0 Å². The summed E-state index contributed by atoms with van der Waals surface area (Å²) in [6, 6.07) is 14.0. The molecule has 1 aliphatic carbocycles. The van der Waals surface area contributed by atoms with Crippen molar-refractivity contribution >= 4 is 45.6 Å². The first-order valence-corrected chi connectivity index (χ1v) is 13.4. The summed E-state index contributed by atoms with van der Waals surface area (Å²) in [6.07, 6.45) is 1.34. The molecular weight excluding hydrogens is 530 g/mol. The maximum atomic E-state index is 14.8. The predicted octanol–water partition coefficient (Wildman–Crippen LogP) is 4.85. The topological polar surface area (TPSA) is 125 Å². The third-order valence-electron chi connectivity index (χ3n) is 6.19. The largest absolute Gasteiger partial charge is 0.384 e. The molecule has 0 saturated carbocycles. The Balaban J connectivity index is 1.44. The highest BCUT2D eigenvalue weighted by molar-refractivity contribution is 8.01. The number of hydrogen-bond acceptors (Lipinski definition) is 9. The van der Waals surface area contributed by atoms with Crippen molar-refractivity contribution < 1.29 is 18.4 Å². The van der Waals surface area contributed by atoms with Gasteiger partial charge in [-0.05, 0) is 31.0 Å². The average Bonchev–Trinajstić information content (AvgIpc) is 3.37. The Morgan fingerprint density at radius 2 is 1.89 bits per heavy atom. The quantitative estimate of drug-likeness (QED) is 0.417. The Hall–Kier alpha value is -4.08. The number of rotatable bonds is 6. The summed E-state index contributed by atoms with van der Waals surface area (Å²) in [4.78, 5) is 27.0. The summed E-state index contributed by atoms with van der Waals surface area (Å²) in [6.45, 7) is 0. The molecule has 192 valence electrons. The van der Waals surface area contributed by atoms with E-state index < -0.39 is 23.5 Å². The van der Waals surface area contributed by atoms with E-state index in [0.29, 0.717) is 33.6 Å². The van der Waals surface area contributed by atoms with E-state index >= 15 is 0 Å². The number of aromatic nitrogens is 2. The van der Waals surface area contributed by atoms with Gasteiger partial charge in [-0.3, -0.25) is 14.5 Å². The summed E-state index contributed by atoms with van der Waals surface area (Å²) >= 11 is 2.24. The van der Waals surface area contributed by atoms with Gasteiger partial charge in [-0.1, -0.05) is 53.4 Å². The highest BCUT2D eigenvalue weighted by atomic mass is 32.2. The molecule has 2 heterocycles. The van der Waals surface area contributed by atoms with Gasteiger partial charge in [0.25, 0.3) is 0 Å². The Kier molecular flexibility index (Phi) is 7.22. The Bertz CT molecular complexity index is 1540. The van der Waals surface area contributed by atoms with Gasteiger partial charge in [-0.25, -0.2) is 8.78 Å². The van der Waals surface area contributed by atoms with Crippen LogP contribution in [0.3, 0.4) is 0 Å². The molecule has 0 saturated heterocycles. The zero-order chi connectivity index (χ0) is 26.8. The lowest BCUT2D eigenvalue weighted by Gasteiger charge is -2.38. The van der Waals surface area contributed by atoms with Crippen LogP contribution in [-0.4, -0.2) is 27.6 Å². The summed E-state index contributed by atoms with van der Waals surface area (Å²) < 4.78 is 29.1. The van der Waals surface area contributed by atoms with Crippen LogP contribution in [0, 0.1) is 23.0 Å². The fourth-order valence-corrected chi connectivity index (χ4v) is 6.23. The molecule has 38 heavy (non-hydrogen) atoms. The van der Waals surface area contributed by atoms with Crippen LogP contribution in [-0.2, 0) is 9.59 Å². The second-order valence-corrected chi connectivity index (χ2v) is 10.7. The highest BCUT2D eigenvalue weighted by Gasteiger charge is 2.42. The van der Waals surface area contributed by atoms with Crippen LogP contribution in [0.25, 0.3) is 0 Å². The zero-order valence-corrected chi connectivity index (χ0v) is 21.4. The summed E-state index contributed by atoms with van der Waals surface area (Å²) in [5.74, 6) is -2.56. The maximum Gasteiger partial charge on any atom is 0.234 e. The van der Waals surface area contributed by atoms with Gasteiger partial charge < -0.3 is 11.1 Å². The zero-order valence-electron chi connectivity index (χ0n) is 19.8. The number of thioether (sulfide) groups is 1. The normalized spacial score (nSPS) is 17.3. The van der Waals surface area contributed by atoms with Gasteiger partial charge in [0, 0.05) is 23.3 Å². The summed E-state index contributed by atoms with van der Waals surface area (Å²) in [7, 11) is 0. The van der Waals surface area contributed by atoms with E-state index in [1.54, 1.807) is 29.2 Å². The molecule has 1 aromatic heterocycles. The minimum absolute atomic E-state index is 0.0421. The van der Waals surface area contributed by atoms with Crippen molar-refractivity contribution in [1.82, 2.24) is 10.2 Å². The number of halogens is 2. The fraction of sp³-hybridized carbons (Fsp3) is 0.192. The lowest BCUT2D eigenvalue weighted by Crippen LogP contribution is -2.38. The highest BCUT2D eigenvalue weighted by Crippen LogP contribution is 2.47. The molecule has 2 aliphatic rings. The van der Waals surface area contributed by atoms with E-state index in [1.807, 2.05) is 0 Å². The minimum Gasteiger partial charge on any atom is -0.384 e. The molecule has 1 amide bonds. The molecule has 3 N–H and O–H groups in total. The van der Waals surface area contributed by atoms with Gasteiger partial charge in [0.1, 0.15) is 17.5 Å². The standard InChI is InChI=1S/C26H20F2N6O2S2/c27-16-7-2-1-6-14(16)22-15(12-29)24(30)34(19-10-5-11-20(35)23(19)22)25-32-33-26(38-25)37-13-21(36)31-18-9-4-3-8-17(18)28/h1-4,6-9,22H,5,10-11,13,30H2,(H,31,36). The number of ketones is 1. The molecular formula is C26H20F2N6O2S2. The number of benzene rings is 2. The Morgan fingerprint density at radius 3 is 2.63 bits per heavy atom. The van der Waals surface area contributed by atoms with Crippen LogP contribution in [0.15, 0.2) is 75.5 Å². The fourth-order valence-electron chi connectivity index (χ4n) is 4.55. The molecule has 1 aliphatic heterocycles. The number of amides is 1. The van der Waals surface area contributed by atoms with Gasteiger partial charge in [0.15, 0.2) is 10.1 Å². The summed E-state index contributed by atoms with van der Waals surface area (Å²) in [5.41, 5.74) is 7.72. The van der Waals surface area contributed by atoms with Gasteiger partial charge in [-0.2, -0.15) is 5.26 Å². The van der Waals surface area contributed by atoms with Crippen LogP contribution in [0.2, 0.25) is 0 Å². The van der Waals surface area contributed by atoms with Crippen molar-refractivity contribution in [3.05, 3.63) is 88.4 Å². The predicted molar refractivity (Wildman–Crippen MR) is 140 cm³/mol. The lowest BCUT2D eigenvalue weighted by atomic mass is 9.75. The Labute approximate surface area is 224 Å². The van der Waals surface area contributed by atoms with E-state index in [1.165, 1.54) is 24.3 Å². The van der Waals surface area contributed by atoms with Crippen molar-refractivity contribution in [3.8, 4) is 6.07 Å². The first kappa shape index (κ1) is 25.6.